The zero-order valence-electron chi connectivity index (χ0n) is 21.7. The van der Waals surface area contributed by atoms with Crippen LogP contribution < -0.4 is 24.3 Å². The van der Waals surface area contributed by atoms with Crippen molar-refractivity contribution in [3.63, 3.8) is 0 Å². The summed E-state index contributed by atoms with van der Waals surface area (Å²) in [6, 6.07) is 20.1. The Bertz CT molecular complexity index is 1720. The third-order valence-corrected chi connectivity index (χ3v) is 9.02. The van der Waals surface area contributed by atoms with Crippen LogP contribution in [0, 0.1) is 3.57 Å². The molecule has 1 fully saturated rings. The zero-order chi connectivity index (χ0) is 26.8. The van der Waals surface area contributed by atoms with Crippen LogP contribution in [-0.2, 0) is 0 Å². The smallest absolute Gasteiger partial charge is 0.274 e. The highest BCUT2D eigenvalue weighted by atomic mass is 127. The van der Waals surface area contributed by atoms with Gasteiger partial charge in [-0.1, -0.05) is 54.9 Å². The molecule has 0 radical (unpaired) electrons. The first-order chi connectivity index (χ1) is 19.1. The highest BCUT2D eigenvalue weighted by Crippen LogP contribution is 2.35. The van der Waals surface area contributed by atoms with E-state index in [4.69, 9.17) is 14.2 Å². The van der Waals surface area contributed by atoms with Gasteiger partial charge in [0.25, 0.3) is 5.56 Å². The van der Waals surface area contributed by atoms with Crippen molar-refractivity contribution < 1.29 is 14.2 Å². The average Bonchev–Trinajstić information content (AvgIpc) is 3.48. The molecule has 1 saturated carbocycles. The number of imidazole rings is 1. The van der Waals surface area contributed by atoms with Crippen LogP contribution in [0.25, 0.3) is 22.1 Å². The molecule has 6 nitrogen and oxygen atoms in total. The van der Waals surface area contributed by atoms with Gasteiger partial charge in [-0.25, -0.2) is 9.38 Å². The fourth-order valence-electron chi connectivity index (χ4n) is 5.30. The summed E-state index contributed by atoms with van der Waals surface area (Å²) >= 11 is 3.63. The molecule has 1 aliphatic carbocycles. The first-order valence-electron chi connectivity index (χ1n) is 13.3. The van der Waals surface area contributed by atoms with Crippen LogP contribution in [0.5, 0.6) is 17.2 Å². The van der Waals surface area contributed by atoms with Crippen LogP contribution in [0.2, 0.25) is 0 Å². The molecular formula is C31H29IN2O4S. The van der Waals surface area contributed by atoms with Crippen LogP contribution in [-0.4, -0.2) is 29.7 Å². The molecule has 0 aliphatic heterocycles. The van der Waals surface area contributed by atoms with Gasteiger partial charge in [-0.2, -0.15) is 0 Å². The van der Waals surface area contributed by atoms with Gasteiger partial charge in [0.15, 0.2) is 16.5 Å². The number of aromatic nitrogens is 2. The van der Waals surface area contributed by atoms with Gasteiger partial charge in [-0.05, 0) is 95.0 Å². The summed E-state index contributed by atoms with van der Waals surface area (Å²) in [6.07, 6.45) is 8.50. The molecule has 6 rings (SSSR count). The van der Waals surface area contributed by atoms with E-state index in [0.29, 0.717) is 40.1 Å². The van der Waals surface area contributed by atoms with E-state index in [1.807, 2.05) is 42.5 Å². The van der Waals surface area contributed by atoms with Gasteiger partial charge in [0, 0.05) is 0 Å². The van der Waals surface area contributed by atoms with Gasteiger partial charge < -0.3 is 14.2 Å². The Labute approximate surface area is 244 Å². The van der Waals surface area contributed by atoms with Crippen LogP contribution in [0.4, 0.5) is 0 Å². The van der Waals surface area contributed by atoms with Crippen LogP contribution >= 0.6 is 33.9 Å². The molecule has 0 atom stereocenters. The molecule has 3 aromatic carbocycles. The summed E-state index contributed by atoms with van der Waals surface area (Å²) in [4.78, 5) is 18.4. The number of para-hydroxylation sites is 2. The number of thiazole rings is 1. The first-order valence-corrected chi connectivity index (χ1v) is 15.1. The van der Waals surface area contributed by atoms with Crippen molar-refractivity contribution >= 4 is 56.0 Å². The number of halogens is 1. The average molecular weight is 653 g/mol. The van der Waals surface area contributed by atoms with E-state index in [1.54, 1.807) is 11.5 Å². The van der Waals surface area contributed by atoms with Crippen LogP contribution in [0.1, 0.15) is 49.1 Å². The van der Waals surface area contributed by atoms with Crippen molar-refractivity contribution in [1.29, 1.82) is 0 Å². The Hall–Kier alpha value is -3.11. The molecule has 39 heavy (non-hydrogen) atoms. The highest BCUT2D eigenvalue weighted by Gasteiger charge is 2.16. The van der Waals surface area contributed by atoms with Crippen LogP contribution in [0.15, 0.2) is 65.5 Å². The lowest BCUT2D eigenvalue weighted by atomic mass is 9.84. The van der Waals surface area contributed by atoms with Crippen molar-refractivity contribution in [3.05, 3.63) is 90.2 Å². The molecule has 5 aromatic rings. The molecular weight excluding hydrogens is 623 g/mol. The molecule has 0 unspecified atom stereocenters. The third kappa shape index (κ3) is 5.49. The molecule has 8 heteroatoms. The second kappa shape index (κ2) is 11.6. The fraction of sp³-hybridized carbons (Fsp3) is 0.290. The summed E-state index contributed by atoms with van der Waals surface area (Å²) in [5.74, 6) is 2.83. The van der Waals surface area contributed by atoms with E-state index in [0.717, 1.165) is 25.9 Å². The Morgan fingerprint density at radius 2 is 1.79 bits per heavy atom. The Morgan fingerprint density at radius 1 is 1.03 bits per heavy atom. The molecule has 2 aromatic heterocycles. The van der Waals surface area contributed by atoms with Gasteiger partial charge in [0.2, 0.25) is 0 Å². The summed E-state index contributed by atoms with van der Waals surface area (Å²) in [7, 11) is 1.62. The second-order valence-corrected chi connectivity index (χ2v) is 11.9. The number of benzene rings is 3. The topological polar surface area (TPSA) is 62.1 Å². The minimum absolute atomic E-state index is 0.0677. The largest absolute Gasteiger partial charge is 0.493 e. The molecule has 0 N–H and O–H groups in total. The third-order valence-electron chi connectivity index (χ3n) is 7.25. The van der Waals surface area contributed by atoms with Gasteiger partial charge in [0.1, 0.15) is 19.0 Å². The lowest BCUT2D eigenvalue weighted by molar-refractivity contribution is 0.210. The van der Waals surface area contributed by atoms with Gasteiger partial charge in [-0.15, -0.1) is 0 Å². The first kappa shape index (κ1) is 26.1. The van der Waals surface area contributed by atoms with Gasteiger partial charge in [0.05, 0.1) is 26.2 Å². The van der Waals surface area contributed by atoms with E-state index in [1.165, 1.54) is 49.0 Å². The maximum atomic E-state index is 13.1. The monoisotopic (exact) mass is 652 g/mol. The maximum absolute atomic E-state index is 13.1. The summed E-state index contributed by atoms with van der Waals surface area (Å²) in [5, 5.41) is 0. The van der Waals surface area contributed by atoms with Gasteiger partial charge in [-0.3, -0.25) is 4.79 Å². The van der Waals surface area contributed by atoms with Crippen molar-refractivity contribution in [2.24, 2.45) is 0 Å². The fourth-order valence-corrected chi connectivity index (χ4v) is 7.07. The van der Waals surface area contributed by atoms with E-state index >= 15 is 0 Å². The van der Waals surface area contributed by atoms with Crippen LogP contribution in [0.3, 0.4) is 0 Å². The Balaban J connectivity index is 1.13. The number of hydrogen-bond donors (Lipinski definition) is 0. The van der Waals surface area contributed by atoms with Crippen molar-refractivity contribution in [2.45, 2.75) is 38.0 Å². The van der Waals surface area contributed by atoms with E-state index in [9.17, 15) is 4.79 Å². The summed E-state index contributed by atoms with van der Waals surface area (Å²) in [5.41, 5.74) is 3.87. The molecule has 0 saturated heterocycles. The number of methoxy groups -OCH3 is 1. The predicted octanol–water partition coefficient (Wildman–Crippen LogP) is 6.58. The lowest BCUT2D eigenvalue weighted by Gasteiger charge is -2.22. The Kier molecular flexibility index (Phi) is 7.74. The molecule has 0 bridgehead atoms. The maximum Gasteiger partial charge on any atom is 0.274 e. The quantitative estimate of drug-likeness (QED) is 0.140. The second-order valence-electron chi connectivity index (χ2n) is 9.77. The lowest BCUT2D eigenvalue weighted by Crippen LogP contribution is -2.22. The number of fused-ring (bicyclic) bond motifs is 3. The summed E-state index contributed by atoms with van der Waals surface area (Å²) in [6.45, 7) is 0.818. The van der Waals surface area contributed by atoms with Crippen molar-refractivity contribution in [2.75, 3.05) is 20.3 Å². The number of rotatable bonds is 8. The zero-order valence-corrected chi connectivity index (χ0v) is 24.7. The number of nitrogens with zero attached hydrogens (tertiary/aromatic N) is 2. The summed E-state index contributed by atoms with van der Waals surface area (Å²) < 4.78 is 20.8. The van der Waals surface area contributed by atoms with E-state index in [-0.39, 0.29) is 5.56 Å². The van der Waals surface area contributed by atoms with Crippen molar-refractivity contribution in [1.82, 2.24) is 9.38 Å². The molecule has 200 valence electrons. The minimum Gasteiger partial charge on any atom is -0.493 e. The van der Waals surface area contributed by atoms with Crippen molar-refractivity contribution in [3.8, 4) is 17.2 Å². The normalized spacial score (nSPS) is 14.8. The Morgan fingerprint density at radius 3 is 2.59 bits per heavy atom. The minimum atomic E-state index is -0.0677. The standard InChI is InChI=1S/C31H29IN2O4S/c1-36-27-18-20(19-28-30(35)34-26-10-6-5-9-25(26)33-31(34)39-28)17-24(32)29(27)38-16-15-37-23-13-11-22(12-14-23)21-7-3-2-4-8-21/h5-6,9-14,17-19,21H,2-4,7-8,15-16H2,1H3/b28-19-. The molecule has 0 amide bonds. The highest BCUT2D eigenvalue weighted by molar-refractivity contribution is 14.1. The molecule has 1 aliphatic rings. The molecule has 0 spiro atoms. The molecule has 2 heterocycles. The number of hydrogen-bond acceptors (Lipinski definition) is 6. The van der Waals surface area contributed by atoms with Gasteiger partial charge >= 0.3 is 0 Å². The number of ether oxygens (including phenoxy) is 3. The SMILES string of the molecule is COc1cc(/C=c2\sc3nc4ccccc4n3c2=O)cc(I)c1OCCOc1ccc(C2CCCCC2)cc1. The predicted molar refractivity (Wildman–Crippen MR) is 165 cm³/mol. The van der Waals surface area contributed by atoms with E-state index in [2.05, 4.69) is 51.8 Å². The van der Waals surface area contributed by atoms with E-state index < -0.39 is 0 Å².